The van der Waals surface area contributed by atoms with Crippen LogP contribution >= 0.6 is 0 Å². The minimum absolute atomic E-state index is 0.228. The Labute approximate surface area is 117 Å². The second kappa shape index (κ2) is 4.81. The number of para-hydroxylation sites is 1. The molecule has 0 aliphatic heterocycles. The van der Waals surface area contributed by atoms with Gasteiger partial charge in [-0.2, -0.15) is 0 Å². The quantitative estimate of drug-likeness (QED) is 0.722. The van der Waals surface area contributed by atoms with Crippen LogP contribution in [0.15, 0.2) is 47.5 Å². The largest absolute Gasteiger partial charge is 0.507 e. The molecule has 0 bridgehead atoms. The summed E-state index contributed by atoms with van der Waals surface area (Å²) < 4.78 is 2.05. The molecule has 100 valence electrons. The molecule has 0 saturated heterocycles. The van der Waals surface area contributed by atoms with E-state index in [2.05, 4.69) is 9.98 Å². The summed E-state index contributed by atoms with van der Waals surface area (Å²) in [5.41, 5.74) is 3.53. The van der Waals surface area contributed by atoms with E-state index in [0.29, 0.717) is 5.56 Å². The fourth-order valence-electron chi connectivity index (χ4n) is 2.13. The Kier molecular flexibility index (Phi) is 2.99. The van der Waals surface area contributed by atoms with Gasteiger partial charge in [-0.25, -0.2) is 4.98 Å². The fraction of sp³-hybridized carbons (Fsp3) is 0.125. The molecule has 1 heterocycles. The number of benzene rings is 2. The average Bonchev–Trinajstić information content (AvgIpc) is 2.73. The van der Waals surface area contributed by atoms with Gasteiger partial charge in [-0.15, -0.1) is 0 Å². The summed E-state index contributed by atoms with van der Waals surface area (Å²) in [4.78, 5) is 8.88. The Bertz CT molecular complexity index is 803. The lowest BCUT2D eigenvalue weighted by molar-refractivity contribution is 0.474. The average molecular weight is 265 g/mol. The van der Waals surface area contributed by atoms with Crippen molar-refractivity contribution >= 4 is 22.9 Å². The number of aryl methyl sites for hydroxylation is 2. The molecule has 3 rings (SSSR count). The van der Waals surface area contributed by atoms with Crippen LogP contribution in [-0.4, -0.2) is 20.9 Å². The van der Waals surface area contributed by atoms with Crippen molar-refractivity contribution in [3.8, 4) is 5.75 Å². The molecule has 0 fully saturated rings. The van der Waals surface area contributed by atoms with Gasteiger partial charge in [0.05, 0.1) is 16.7 Å². The maximum Gasteiger partial charge on any atom is 0.124 e. The van der Waals surface area contributed by atoms with Crippen LogP contribution in [0, 0.1) is 6.92 Å². The minimum Gasteiger partial charge on any atom is -0.507 e. The summed E-state index contributed by atoms with van der Waals surface area (Å²) in [6, 6.07) is 13.0. The molecule has 0 aliphatic rings. The van der Waals surface area contributed by atoms with E-state index in [1.165, 1.54) is 0 Å². The number of rotatable bonds is 2. The highest BCUT2D eigenvalue weighted by molar-refractivity contribution is 5.87. The van der Waals surface area contributed by atoms with Gasteiger partial charge in [-0.05, 0) is 37.3 Å². The highest BCUT2D eigenvalue weighted by atomic mass is 16.3. The van der Waals surface area contributed by atoms with E-state index in [0.717, 1.165) is 22.5 Å². The van der Waals surface area contributed by atoms with Gasteiger partial charge in [0.2, 0.25) is 0 Å². The Hall–Kier alpha value is -2.62. The summed E-state index contributed by atoms with van der Waals surface area (Å²) in [6.45, 7) is 1.98. The zero-order valence-corrected chi connectivity index (χ0v) is 11.4. The number of phenolic OH excluding ortho intramolecular Hbond substituents is 1. The van der Waals surface area contributed by atoms with Gasteiger partial charge >= 0.3 is 0 Å². The van der Waals surface area contributed by atoms with E-state index in [1.54, 1.807) is 18.3 Å². The first kappa shape index (κ1) is 12.4. The molecule has 0 atom stereocenters. The van der Waals surface area contributed by atoms with Crippen molar-refractivity contribution in [1.29, 1.82) is 0 Å². The molecule has 0 unspecified atom stereocenters. The van der Waals surface area contributed by atoms with Crippen molar-refractivity contribution in [2.24, 2.45) is 12.0 Å². The molecule has 0 amide bonds. The summed E-state index contributed by atoms with van der Waals surface area (Å²) >= 11 is 0. The number of hydrogen-bond donors (Lipinski definition) is 1. The third kappa shape index (κ3) is 2.16. The molecule has 4 nitrogen and oxygen atoms in total. The van der Waals surface area contributed by atoms with Gasteiger partial charge in [0, 0.05) is 18.8 Å². The summed E-state index contributed by atoms with van der Waals surface area (Å²) in [5.74, 6) is 1.20. The lowest BCUT2D eigenvalue weighted by Crippen LogP contribution is -1.89. The normalized spacial score (nSPS) is 11.5. The van der Waals surface area contributed by atoms with Crippen molar-refractivity contribution in [3.63, 3.8) is 0 Å². The van der Waals surface area contributed by atoms with Crippen molar-refractivity contribution in [2.75, 3.05) is 0 Å². The van der Waals surface area contributed by atoms with Crippen LogP contribution in [-0.2, 0) is 7.05 Å². The maximum absolute atomic E-state index is 9.69. The molecule has 3 aromatic rings. The third-order valence-corrected chi connectivity index (χ3v) is 3.38. The highest BCUT2D eigenvalue weighted by Crippen LogP contribution is 2.22. The number of aromatic nitrogens is 2. The maximum atomic E-state index is 9.69. The van der Waals surface area contributed by atoms with Crippen molar-refractivity contribution in [2.45, 2.75) is 6.92 Å². The van der Waals surface area contributed by atoms with Crippen LogP contribution in [0.5, 0.6) is 5.75 Å². The molecule has 0 saturated carbocycles. The molecule has 0 radical (unpaired) electrons. The second-order valence-corrected chi connectivity index (χ2v) is 4.71. The highest BCUT2D eigenvalue weighted by Gasteiger charge is 2.04. The number of nitrogens with zero attached hydrogens (tertiary/aromatic N) is 3. The van der Waals surface area contributed by atoms with Crippen LogP contribution in [0.4, 0.5) is 5.69 Å². The molecular formula is C16H15N3O. The lowest BCUT2D eigenvalue weighted by Gasteiger charge is -1.98. The monoisotopic (exact) mass is 265 g/mol. The molecule has 20 heavy (non-hydrogen) atoms. The summed E-state index contributed by atoms with van der Waals surface area (Å²) in [5, 5.41) is 9.69. The predicted molar refractivity (Wildman–Crippen MR) is 80.8 cm³/mol. The fourth-order valence-corrected chi connectivity index (χ4v) is 2.13. The van der Waals surface area contributed by atoms with Gasteiger partial charge < -0.3 is 9.67 Å². The smallest absolute Gasteiger partial charge is 0.124 e. The zero-order chi connectivity index (χ0) is 14.1. The number of aromatic hydroxyl groups is 1. The van der Waals surface area contributed by atoms with E-state index in [9.17, 15) is 5.11 Å². The van der Waals surface area contributed by atoms with Crippen LogP contribution < -0.4 is 0 Å². The number of imidazole rings is 1. The predicted octanol–water partition coefficient (Wildman–Crippen LogP) is 3.34. The van der Waals surface area contributed by atoms with E-state index in [1.807, 2.05) is 48.9 Å². The number of fused-ring (bicyclic) bond motifs is 1. The van der Waals surface area contributed by atoms with Crippen molar-refractivity contribution in [3.05, 3.63) is 53.9 Å². The molecule has 0 spiro atoms. The Balaban J connectivity index is 1.97. The van der Waals surface area contributed by atoms with Crippen LogP contribution in [0.3, 0.4) is 0 Å². The Morgan fingerprint density at radius 1 is 1.20 bits per heavy atom. The Morgan fingerprint density at radius 3 is 2.80 bits per heavy atom. The first-order valence-electron chi connectivity index (χ1n) is 6.40. The number of hydrogen-bond acceptors (Lipinski definition) is 3. The van der Waals surface area contributed by atoms with E-state index in [4.69, 9.17) is 0 Å². The van der Waals surface area contributed by atoms with Crippen molar-refractivity contribution in [1.82, 2.24) is 9.55 Å². The molecule has 2 aromatic carbocycles. The first-order valence-corrected chi connectivity index (χ1v) is 6.40. The summed E-state index contributed by atoms with van der Waals surface area (Å²) in [6.07, 6.45) is 1.66. The minimum atomic E-state index is 0.228. The topological polar surface area (TPSA) is 50.4 Å². The lowest BCUT2D eigenvalue weighted by atomic mass is 10.2. The van der Waals surface area contributed by atoms with Crippen LogP contribution in [0.1, 0.15) is 11.4 Å². The van der Waals surface area contributed by atoms with Crippen LogP contribution in [0.2, 0.25) is 0 Å². The summed E-state index contributed by atoms with van der Waals surface area (Å²) in [7, 11) is 2.00. The van der Waals surface area contributed by atoms with Gasteiger partial charge in [-0.3, -0.25) is 4.99 Å². The van der Waals surface area contributed by atoms with Gasteiger partial charge in [-0.1, -0.05) is 12.1 Å². The second-order valence-electron chi connectivity index (χ2n) is 4.71. The van der Waals surface area contributed by atoms with E-state index in [-0.39, 0.29) is 5.75 Å². The zero-order valence-electron chi connectivity index (χ0n) is 11.4. The van der Waals surface area contributed by atoms with E-state index >= 15 is 0 Å². The molecule has 0 aliphatic carbocycles. The Morgan fingerprint density at radius 2 is 2.00 bits per heavy atom. The molecule has 1 aromatic heterocycles. The SMILES string of the molecule is Cc1nc2cc(N=Cc3ccccc3O)ccc2n1C. The number of aliphatic imine (C=N–C) groups is 1. The molecule has 4 heteroatoms. The van der Waals surface area contributed by atoms with Crippen molar-refractivity contribution < 1.29 is 5.11 Å². The van der Waals surface area contributed by atoms with Crippen LogP contribution in [0.25, 0.3) is 11.0 Å². The van der Waals surface area contributed by atoms with Gasteiger partial charge in [0.25, 0.3) is 0 Å². The van der Waals surface area contributed by atoms with E-state index < -0.39 is 0 Å². The third-order valence-electron chi connectivity index (χ3n) is 3.38. The van der Waals surface area contributed by atoms with Gasteiger partial charge in [0.15, 0.2) is 0 Å². The molecular weight excluding hydrogens is 250 g/mol. The number of phenols is 1. The molecule has 1 N–H and O–H groups in total. The van der Waals surface area contributed by atoms with Gasteiger partial charge in [0.1, 0.15) is 11.6 Å². The standard InChI is InChI=1S/C16H15N3O/c1-11-18-14-9-13(7-8-15(14)19(11)2)17-10-12-5-3-4-6-16(12)20/h3-10,20H,1-2H3. The first-order chi connectivity index (χ1) is 9.65.